The zero-order chi connectivity index (χ0) is 31.6. The first-order valence-electron chi connectivity index (χ1n) is 14.2. The van der Waals surface area contributed by atoms with Crippen LogP contribution in [0.4, 0.5) is 26.8 Å². The summed E-state index contributed by atoms with van der Waals surface area (Å²) in [6.45, 7) is 7.64. The Bertz CT molecular complexity index is 1590. The molecular formula is C32H34N6O6. The molecule has 3 aromatic rings. The molecular weight excluding hydrogens is 564 g/mol. The van der Waals surface area contributed by atoms with Crippen LogP contribution in [-0.4, -0.2) is 78.2 Å². The van der Waals surface area contributed by atoms with Crippen LogP contribution in [0.2, 0.25) is 0 Å². The average Bonchev–Trinajstić information content (AvgIpc) is 3.26. The lowest BCUT2D eigenvalue weighted by molar-refractivity contribution is 0.0240. The summed E-state index contributed by atoms with van der Waals surface area (Å²) in [5, 5.41) is 4.02. The van der Waals surface area contributed by atoms with E-state index in [-0.39, 0.29) is 28.5 Å². The van der Waals surface area contributed by atoms with Crippen molar-refractivity contribution < 1.29 is 28.7 Å². The first-order valence-corrected chi connectivity index (χ1v) is 14.2. The predicted molar refractivity (Wildman–Crippen MR) is 164 cm³/mol. The number of benzene rings is 2. The number of piperazine rings is 1. The molecule has 1 saturated heterocycles. The summed E-state index contributed by atoms with van der Waals surface area (Å²) in [5.41, 5.74) is 3.33. The molecule has 1 unspecified atom stereocenters. The first kappa shape index (κ1) is 30.2. The molecule has 1 aliphatic heterocycles. The molecule has 12 nitrogen and oxygen atoms in total. The summed E-state index contributed by atoms with van der Waals surface area (Å²) in [5.74, 6) is -2.91. The Morgan fingerprint density at radius 1 is 0.909 bits per heavy atom. The van der Waals surface area contributed by atoms with Gasteiger partial charge in [0.15, 0.2) is 17.3 Å². The Hall–Kier alpha value is -5.26. The van der Waals surface area contributed by atoms with Crippen molar-refractivity contribution in [2.45, 2.75) is 26.4 Å². The van der Waals surface area contributed by atoms with Crippen LogP contribution in [0.1, 0.15) is 51.8 Å². The third-order valence-electron chi connectivity index (χ3n) is 7.32. The van der Waals surface area contributed by atoms with Crippen LogP contribution in [0.3, 0.4) is 0 Å². The summed E-state index contributed by atoms with van der Waals surface area (Å²) < 4.78 is 5.46. The molecule has 2 heterocycles. The summed E-state index contributed by atoms with van der Waals surface area (Å²) >= 11 is 0. The van der Waals surface area contributed by atoms with Crippen LogP contribution in [0.5, 0.6) is 0 Å². The number of hydrazine groups is 1. The van der Waals surface area contributed by atoms with Crippen LogP contribution in [0.25, 0.3) is 0 Å². The maximum Gasteiger partial charge on any atom is 0.410 e. The van der Waals surface area contributed by atoms with Gasteiger partial charge in [0.2, 0.25) is 0 Å². The van der Waals surface area contributed by atoms with Gasteiger partial charge in [0.25, 0.3) is 0 Å². The fraction of sp³-hybridized carbons (Fsp3) is 0.312. The zero-order valence-electron chi connectivity index (χ0n) is 25.0. The zero-order valence-corrected chi connectivity index (χ0v) is 25.0. The molecule has 2 aliphatic rings. The number of ketones is 3. The van der Waals surface area contributed by atoms with Gasteiger partial charge in [-0.25, -0.2) is 20.0 Å². The molecule has 1 aliphatic carbocycles. The molecule has 1 atom stereocenters. The molecule has 0 saturated carbocycles. The van der Waals surface area contributed by atoms with Crippen LogP contribution in [0.15, 0.2) is 66.9 Å². The molecule has 0 bridgehead atoms. The third-order valence-corrected chi connectivity index (χ3v) is 7.32. The van der Waals surface area contributed by atoms with E-state index in [4.69, 9.17) is 4.74 Å². The van der Waals surface area contributed by atoms with Crippen molar-refractivity contribution in [3.8, 4) is 0 Å². The topological polar surface area (TPSA) is 141 Å². The Morgan fingerprint density at radius 2 is 1.61 bits per heavy atom. The molecule has 2 aromatic carbocycles. The number of carbonyl (C=O) groups is 5. The normalized spacial score (nSPS) is 16.3. The van der Waals surface area contributed by atoms with Crippen molar-refractivity contribution >= 4 is 46.7 Å². The standard InChI is InChI=1S/C32H34N6O6/c1-32(2,3)44-31(43)38-18-16-37(17-19-38)21-13-11-20(12-14-21)27(39)26-28(40)22-8-7-9-23(25(22)29(26)41)34-30(42)35-36(4)24-10-5-6-15-33-24/h5-15,26H,16-19H2,1-4H3,(H2,34,35,42). The number of hydrogen-bond acceptors (Lipinski definition) is 9. The number of hydrogen-bond donors (Lipinski definition) is 2. The van der Waals surface area contributed by atoms with E-state index in [1.807, 2.05) is 20.8 Å². The van der Waals surface area contributed by atoms with E-state index in [1.165, 1.54) is 17.1 Å². The van der Waals surface area contributed by atoms with E-state index in [9.17, 15) is 24.0 Å². The largest absolute Gasteiger partial charge is 0.444 e. The quantitative estimate of drug-likeness (QED) is 0.243. The highest BCUT2D eigenvalue weighted by Crippen LogP contribution is 2.34. The minimum absolute atomic E-state index is 0.00553. The maximum atomic E-state index is 13.5. The van der Waals surface area contributed by atoms with Gasteiger partial charge in [0.05, 0.1) is 11.3 Å². The summed E-state index contributed by atoms with van der Waals surface area (Å²) in [6, 6.07) is 15.8. The van der Waals surface area contributed by atoms with Crippen LogP contribution >= 0.6 is 0 Å². The van der Waals surface area contributed by atoms with Gasteiger partial charge in [-0.05, 0) is 63.2 Å². The van der Waals surface area contributed by atoms with Crippen molar-refractivity contribution in [1.29, 1.82) is 0 Å². The highest BCUT2D eigenvalue weighted by atomic mass is 16.6. The summed E-state index contributed by atoms with van der Waals surface area (Å²) in [6.07, 6.45) is 1.24. The number of nitrogens with zero attached hydrogens (tertiary/aromatic N) is 4. The van der Waals surface area contributed by atoms with Gasteiger partial charge in [-0.2, -0.15) is 0 Å². The highest BCUT2D eigenvalue weighted by Gasteiger charge is 2.45. The number of anilines is 3. The fourth-order valence-corrected chi connectivity index (χ4v) is 5.17. The first-order chi connectivity index (χ1) is 20.9. The van der Waals surface area contributed by atoms with Gasteiger partial charge in [0.1, 0.15) is 17.3 Å². The van der Waals surface area contributed by atoms with E-state index >= 15 is 0 Å². The number of fused-ring (bicyclic) bond motifs is 1. The monoisotopic (exact) mass is 598 g/mol. The lowest BCUT2D eigenvalue weighted by Crippen LogP contribution is -2.50. The second kappa shape index (κ2) is 12.2. The van der Waals surface area contributed by atoms with Crippen molar-refractivity contribution in [3.63, 3.8) is 0 Å². The molecule has 1 fully saturated rings. The van der Waals surface area contributed by atoms with Crippen molar-refractivity contribution in [1.82, 2.24) is 15.3 Å². The Labute approximate surface area is 254 Å². The summed E-state index contributed by atoms with van der Waals surface area (Å²) in [4.78, 5) is 73.2. The number of amides is 3. The minimum Gasteiger partial charge on any atom is -0.444 e. The van der Waals surface area contributed by atoms with Gasteiger partial charge in [-0.3, -0.25) is 19.4 Å². The van der Waals surface area contributed by atoms with E-state index in [2.05, 4.69) is 20.6 Å². The number of nitrogens with one attached hydrogen (secondary N) is 2. The average molecular weight is 599 g/mol. The van der Waals surface area contributed by atoms with Crippen LogP contribution in [0, 0.1) is 5.92 Å². The molecule has 0 spiro atoms. The molecule has 2 N–H and O–H groups in total. The van der Waals surface area contributed by atoms with E-state index < -0.39 is 34.9 Å². The molecule has 1 aromatic heterocycles. The molecule has 228 valence electrons. The number of pyridine rings is 1. The number of rotatable bonds is 6. The highest BCUT2D eigenvalue weighted by molar-refractivity contribution is 6.39. The van der Waals surface area contributed by atoms with Crippen molar-refractivity contribution in [2.75, 3.05) is 48.5 Å². The van der Waals surface area contributed by atoms with Gasteiger partial charge in [-0.1, -0.05) is 18.2 Å². The van der Waals surface area contributed by atoms with Gasteiger partial charge in [0, 0.05) is 56.2 Å². The SMILES string of the molecule is CN(NC(=O)Nc1cccc2c1C(=O)C(C(=O)c1ccc(N3CCN(C(=O)OC(C)(C)C)CC3)cc1)C2=O)c1ccccn1. The number of Topliss-reactive ketones (excluding diaryl/α,β-unsaturated/α-hetero) is 3. The Morgan fingerprint density at radius 3 is 2.25 bits per heavy atom. The lowest BCUT2D eigenvalue weighted by Gasteiger charge is -2.36. The number of aromatic nitrogens is 1. The number of carbonyl (C=O) groups excluding carboxylic acids is 5. The van der Waals surface area contributed by atoms with Crippen LogP contribution in [-0.2, 0) is 4.74 Å². The van der Waals surface area contributed by atoms with E-state index in [0.29, 0.717) is 32.0 Å². The third kappa shape index (κ3) is 6.38. The minimum atomic E-state index is -1.53. The molecule has 12 heteroatoms. The molecule has 5 rings (SSSR count). The Kier molecular flexibility index (Phi) is 8.34. The fourth-order valence-electron chi connectivity index (χ4n) is 5.17. The van der Waals surface area contributed by atoms with E-state index in [0.717, 1.165) is 5.69 Å². The maximum absolute atomic E-state index is 13.5. The molecule has 44 heavy (non-hydrogen) atoms. The second-order valence-corrected chi connectivity index (χ2v) is 11.6. The summed E-state index contributed by atoms with van der Waals surface area (Å²) in [7, 11) is 1.61. The lowest BCUT2D eigenvalue weighted by atomic mass is 9.93. The Balaban J connectivity index is 1.23. The van der Waals surface area contributed by atoms with Crippen LogP contribution < -0.4 is 20.7 Å². The van der Waals surface area contributed by atoms with E-state index in [1.54, 1.807) is 66.7 Å². The molecule has 0 radical (unpaired) electrons. The number of ether oxygens (including phenoxy) is 1. The van der Waals surface area contributed by atoms with Gasteiger partial charge < -0.3 is 19.9 Å². The number of urea groups is 1. The van der Waals surface area contributed by atoms with Gasteiger partial charge in [-0.15, -0.1) is 0 Å². The van der Waals surface area contributed by atoms with Crippen molar-refractivity contribution in [3.05, 3.63) is 83.6 Å². The smallest absolute Gasteiger partial charge is 0.410 e. The van der Waals surface area contributed by atoms with Gasteiger partial charge >= 0.3 is 12.1 Å². The predicted octanol–water partition coefficient (Wildman–Crippen LogP) is 4.19. The second-order valence-electron chi connectivity index (χ2n) is 11.6. The molecule has 3 amide bonds. The van der Waals surface area contributed by atoms with Crippen molar-refractivity contribution in [2.24, 2.45) is 5.92 Å².